The van der Waals surface area contributed by atoms with Crippen LogP contribution in [0.5, 0.6) is 0 Å². The first-order valence-electron chi connectivity index (χ1n) is 8.14. The standard InChI is InChI=1S/C18H24BrNO4/c1-2-3-5-10-15(21)11-16(17(22)12-19)20-18(23)24-13-14-8-6-4-7-9-14/h4,6-9,16H,2-3,5,10-13H2,1H3,(H,20,23). The number of amides is 1. The first-order chi connectivity index (χ1) is 11.6. The van der Waals surface area contributed by atoms with Gasteiger partial charge in [-0.25, -0.2) is 4.79 Å². The van der Waals surface area contributed by atoms with Gasteiger partial charge in [0, 0.05) is 12.8 Å². The summed E-state index contributed by atoms with van der Waals surface area (Å²) in [5.74, 6) is -0.262. The zero-order valence-corrected chi connectivity index (χ0v) is 15.5. The van der Waals surface area contributed by atoms with Gasteiger partial charge in [0.05, 0.1) is 11.4 Å². The fourth-order valence-corrected chi connectivity index (χ4v) is 2.54. The van der Waals surface area contributed by atoms with Crippen LogP contribution in [0, 0.1) is 0 Å². The number of carbonyl (C=O) groups is 3. The van der Waals surface area contributed by atoms with Crippen molar-refractivity contribution in [1.29, 1.82) is 0 Å². The van der Waals surface area contributed by atoms with Gasteiger partial charge < -0.3 is 10.1 Å². The Hall–Kier alpha value is -1.69. The van der Waals surface area contributed by atoms with Gasteiger partial charge in [0.1, 0.15) is 12.4 Å². The van der Waals surface area contributed by atoms with Gasteiger partial charge in [-0.15, -0.1) is 0 Å². The average Bonchev–Trinajstić information content (AvgIpc) is 2.60. The SMILES string of the molecule is CCCCCC(=O)CC(NC(=O)OCc1ccccc1)C(=O)CBr. The van der Waals surface area contributed by atoms with E-state index in [1.807, 2.05) is 30.3 Å². The van der Waals surface area contributed by atoms with E-state index < -0.39 is 12.1 Å². The lowest BCUT2D eigenvalue weighted by Gasteiger charge is -2.16. The zero-order chi connectivity index (χ0) is 17.8. The maximum Gasteiger partial charge on any atom is 0.408 e. The van der Waals surface area contributed by atoms with Crippen molar-refractivity contribution >= 4 is 33.6 Å². The summed E-state index contributed by atoms with van der Waals surface area (Å²) in [5.41, 5.74) is 0.853. The molecule has 1 N–H and O–H groups in total. The number of Topliss-reactive ketones (excluding diaryl/α,β-unsaturated/α-hetero) is 2. The summed E-state index contributed by atoms with van der Waals surface area (Å²) < 4.78 is 5.10. The molecular weight excluding hydrogens is 374 g/mol. The smallest absolute Gasteiger partial charge is 0.408 e. The van der Waals surface area contributed by atoms with Gasteiger partial charge in [0.15, 0.2) is 5.78 Å². The van der Waals surface area contributed by atoms with Gasteiger partial charge in [-0.1, -0.05) is 66.0 Å². The van der Waals surface area contributed by atoms with Crippen molar-refractivity contribution in [2.45, 2.75) is 51.7 Å². The van der Waals surface area contributed by atoms with Crippen LogP contribution in [0.25, 0.3) is 0 Å². The maximum absolute atomic E-state index is 11.9. The molecule has 0 aromatic heterocycles. The second-order valence-electron chi connectivity index (χ2n) is 5.56. The van der Waals surface area contributed by atoms with E-state index >= 15 is 0 Å². The Balaban J connectivity index is 2.47. The number of unbranched alkanes of at least 4 members (excludes halogenated alkanes) is 2. The highest BCUT2D eigenvalue weighted by Crippen LogP contribution is 2.07. The monoisotopic (exact) mass is 397 g/mol. The fourth-order valence-electron chi connectivity index (χ4n) is 2.15. The fraction of sp³-hybridized carbons (Fsp3) is 0.500. The third-order valence-corrected chi connectivity index (χ3v) is 4.07. The van der Waals surface area contributed by atoms with Crippen molar-refractivity contribution in [2.24, 2.45) is 0 Å². The normalized spacial score (nSPS) is 11.6. The summed E-state index contributed by atoms with van der Waals surface area (Å²) in [6, 6.07) is 8.41. The third-order valence-electron chi connectivity index (χ3n) is 3.52. The molecule has 0 heterocycles. The van der Waals surface area contributed by atoms with Crippen LogP contribution in [0.4, 0.5) is 4.79 Å². The Morgan fingerprint density at radius 1 is 1.17 bits per heavy atom. The molecule has 6 heteroatoms. The molecule has 0 saturated heterocycles. The van der Waals surface area contributed by atoms with E-state index in [4.69, 9.17) is 4.74 Å². The van der Waals surface area contributed by atoms with Gasteiger partial charge in [0.25, 0.3) is 0 Å². The minimum Gasteiger partial charge on any atom is -0.445 e. The van der Waals surface area contributed by atoms with Gasteiger partial charge in [-0.3, -0.25) is 9.59 Å². The van der Waals surface area contributed by atoms with Gasteiger partial charge in [-0.05, 0) is 12.0 Å². The number of ketones is 2. The molecular formula is C18H24BrNO4. The molecule has 5 nitrogen and oxygen atoms in total. The quantitative estimate of drug-likeness (QED) is 0.455. The summed E-state index contributed by atoms with van der Waals surface area (Å²) in [7, 11) is 0. The lowest BCUT2D eigenvalue weighted by atomic mass is 10.0. The van der Waals surface area contributed by atoms with Crippen molar-refractivity contribution in [2.75, 3.05) is 5.33 Å². The Morgan fingerprint density at radius 3 is 2.50 bits per heavy atom. The third kappa shape index (κ3) is 8.24. The van der Waals surface area contributed by atoms with Crippen LogP contribution in [-0.4, -0.2) is 29.0 Å². The highest BCUT2D eigenvalue weighted by atomic mass is 79.9. The lowest BCUT2D eigenvalue weighted by molar-refractivity contribution is -0.124. The second-order valence-corrected chi connectivity index (χ2v) is 6.12. The van der Waals surface area contributed by atoms with E-state index in [-0.39, 0.29) is 29.9 Å². The van der Waals surface area contributed by atoms with Crippen LogP contribution >= 0.6 is 15.9 Å². The van der Waals surface area contributed by atoms with E-state index in [9.17, 15) is 14.4 Å². The average molecular weight is 398 g/mol. The number of carbonyl (C=O) groups excluding carboxylic acids is 3. The predicted octanol–water partition coefficient (Wildman–Crippen LogP) is 3.78. The lowest BCUT2D eigenvalue weighted by Crippen LogP contribution is -2.43. The summed E-state index contributed by atoms with van der Waals surface area (Å²) in [5, 5.41) is 2.58. The van der Waals surface area contributed by atoms with E-state index in [1.165, 1.54) is 0 Å². The predicted molar refractivity (Wildman–Crippen MR) is 96.1 cm³/mol. The van der Waals surface area contributed by atoms with Crippen LogP contribution < -0.4 is 5.32 Å². The van der Waals surface area contributed by atoms with E-state index in [2.05, 4.69) is 28.2 Å². The van der Waals surface area contributed by atoms with Crippen LogP contribution in [0.3, 0.4) is 0 Å². The van der Waals surface area contributed by atoms with E-state index in [0.717, 1.165) is 24.8 Å². The number of hydrogen-bond acceptors (Lipinski definition) is 4. The molecule has 1 amide bonds. The summed E-state index contributed by atoms with van der Waals surface area (Å²) in [6.07, 6.45) is 2.56. The number of benzene rings is 1. The number of rotatable bonds is 11. The minimum atomic E-state index is -0.846. The second kappa shape index (κ2) is 11.8. The van der Waals surface area contributed by atoms with E-state index in [0.29, 0.717) is 6.42 Å². The maximum atomic E-state index is 11.9. The van der Waals surface area contributed by atoms with Crippen LogP contribution in [0.1, 0.15) is 44.6 Å². The molecule has 1 unspecified atom stereocenters. The highest BCUT2D eigenvalue weighted by molar-refractivity contribution is 9.09. The molecule has 1 aromatic carbocycles. The van der Waals surface area contributed by atoms with Crippen LogP contribution in [0.15, 0.2) is 30.3 Å². The van der Waals surface area contributed by atoms with Crippen molar-refractivity contribution in [3.63, 3.8) is 0 Å². The van der Waals surface area contributed by atoms with Gasteiger partial charge >= 0.3 is 6.09 Å². The Kier molecular flexibility index (Phi) is 10.00. The number of nitrogens with one attached hydrogen (secondary N) is 1. The molecule has 0 bridgehead atoms. The minimum absolute atomic E-state index is 0.00852. The number of ether oxygens (including phenoxy) is 1. The van der Waals surface area contributed by atoms with E-state index in [1.54, 1.807) is 0 Å². The Labute approximate surface area is 151 Å². The summed E-state index contributed by atoms with van der Waals surface area (Å²) in [6.45, 7) is 2.18. The molecule has 132 valence electrons. The van der Waals surface area contributed by atoms with Crippen LogP contribution in [0.2, 0.25) is 0 Å². The molecule has 0 aliphatic heterocycles. The highest BCUT2D eigenvalue weighted by Gasteiger charge is 2.23. The van der Waals surface area contributed by atoms with Crippen molar-refractivity contribution in [3.8, 4) is 0 Å². The molecule has 1 rings (SSSR count). The molecule has 1 aromatic rings. The molecule has 0 saturated carbocycles. The van der Waals surface area contributed by atoms with Crippen molar-refractivity contribution in [1.82, 2.24) is 5.32 Å². The first kappa shape index (κ1) is 20.4. The number of hydrogen-bond donors (Lipinski definition) is 1. The largest absolute Gasteiger partial charge is 0.445 e. The zero-order valence-electron chi connectivity index (χ0n) is 13.9. The molecule has 24 heavy (non-hydrogen) atoms. The first-order valence-corrected chi connectivity index (χ1v) is 9.26. The summed E-state index contributed by atoms with van der Waals surface area (Å²) >= 11 is 3.08. The Bertz CT molecular complexity index is 533. The van der Waals surface area contributed by atoms with Crippen molar-refractivity contribution in [3.05, 3.63) is 35.9 Å². The molecule has 0 radical (unpaired) electrons. The van der Waals surface area contributed by atoms with Gasteiger partial charge in [0.2, 0.25) is 0 Å². The molecule has 1 atom stereocenters. The molecule has 0 fully saturated rings. The van der Waals surface area contributed by atoms with Gasteiger partial charge in [-0.2, -0.15) is 0 Å². The van der Waals surface area contributed by atoms with Crippen LogP contribution in [-0.2, 0) is 20.9 Å². The number of alkyl carbamates (subject to hydrolysis) is 1. The Morgan fingerprint density at radius 2 is 1.88 bits per heavy atom. The number of halogens is 1. The van der Waals surface area contributed by atoms with Crippen molar-refractivity contribution < 1.29 is 19.1 Å². The molecule has 0 spiro atoms. The molecule has 0 aliphatic carbocycles. The number of alkyl halides is 1. The topological polar surface area (TPSA) is 72.5 Å². The summed E-state index contributed by atoms with van der Waals surface area (Å²) in [4.78, 5) is 35.7. The molecule has 0 aliphatic rings.